The fraction of sp³-hybridized carbons (Fsp3) is 0.250. The van der Waals surface area contributed by atoms with Crippen molar-refractivity contribution in [1.29, 1.82) is 0 Å². The number of imide groups is 1. The second kappa shape index (κ2) is 7.55. The van der Waals surface area contributed by atoms with Crippen molar-refractivity contribution in [2.45, 2.75) is 32.6 Å². The van der Waals surface area contributed by atoms with Crippen molar-refractivity contribution in [2.24, 2.45) is 0 Å². The molecule has 0 unspecified atom stereocenters. The molecule has 0 fully saturated rings. The predicted molar refractivity (Wildman–Crippen MR) is 109 cm³/mol. The van der Waals surface area contributed by atoms with Crippen LogP contribution in [0.2, 0.25) is 0 Å². The van der Waals surface area contributed by atoms with E-state index in [2.05, 4.69) is 6.92 Å². The molecule has 0 saturated carbocycles. The molecule has 0 aromatic heterocycles. The van der Waals surface area contributed by atoms with Crippen molar-refractivity contribution in [3.05, 3.63) is 71.5 Å². The molecule has 2 amide bonds. The van der Waals surface area contributed by atoms with E-state index in [-0.39, 0.29) is 17.6 Å². The molecule has 3 nitrogen and oxygen atoms in total. The van der Waals surface area contributed by atoms with Crippen LogP contribution in [-0.2, 0) is 0 Å². The Morgan fingerprint density at radius 3 is 2.18 bits per heavy atom. The van der Waals surface area contributed by atoms with Crippen LogP contribution in [0.25, 0.3) is 21.9 Å². The number of hydrogen-bond acceptors (Lipinski definition) is 2. The van der Waals surface area contributed by atoms with E-state index < -0.39 is 0 Å². The van der Waals surface area contributed by atoms with Gasteiger partial charge in [0.2, 0.25) is 0 Å². The molecule has 4 rings (SSSR count). The van der Waals surface area contributed by atoms with Crippen LogP contribution in [0.15, 0.2) is 54.6 Å². The maximum Gasteiger partial charge on any atom is 0.261 e. The second-order valence-electron chi connectivity index (χ2n) is 7.22. The van der Waals surface area contributed by atoms with Crippen LogP contribution in [-0.4, -0.2) is 23.3 Å². The van der Waals surface area contributed by atoms with Crippen molar-refractivity contribution in [1.82, 2.24) is 4.90 Å². The minimum atomic E-state index is -0.296. The molecule has 0 atom stereocenters. The Balaban J connectivity index is 1.78. The van der Waals surface area contributed by atoms with Crippen LogP contribution in [0.1, 0.15) is 53.3 Å². The Hall–Kier alpha value is -3.01. The van der Waals surface area contributed by atoms with Crippen LogP contribution >= 0.6 is 0 Å². The van der Waals surface area contributed by atoms with Gasteiger partial charge in [-0.25, -0.2) is 4.39 Å². The van der Waals surface area contributed by atoms with Crippen molar-refractivity contribution >= 4 is 22.6 Å². The Kier molecular flexibility index (Phi) is 4.95. The molecule has 0 aliphatic carbocycles. The lowest BCUT2D eigenvalue weighted by Gasteiger charge is -2.28. The lowest BCUT2D eigenvalue weighted by Crippen LogP contribution is -2.40. The summed E-state index contributed by atoms with van der Waals surface area (Å²) in [5, 5.41) is 1.54. The average molecular weight is 375 g/mol. The zero-order chi connectivity index (χ0) is 19.7. The minimum absolute atomic E-state index is 0.226. The van der Waals surface area contributed by atoms with Gasteiger partial charge in [0.15, 0.2) is 0 Å². The van der Waals surface area contributed by atoms with E-state index in [0.717, 1.165) is 42.2 Å². The van der Waals surface area contributed by atoms with Gasteiger partial charge in [-0.1, -0.05) is 56.5 Å². The normalized spacial score (nSPS) is 13.4. The summed E-state index contributed by atoms with van der Waals surface area (Å²) in [6.45, 7) is 2.58. The van der Waals surface area contributed by atoms with Crippen LogP contribution in [0.4, 0.5) is 4.39 Å². The molecule has 0 saturated heterocycles. The highest BCUT2D eigenvalue weighted by Crippen LogP contribution is 2.36. The molecule has 28 heavy (non-hydrogen) atoms. The van der Waals surface area contributed by atoms with E-state index >= 15 is 0 Å². The molecule has 0 bridgehead atoms. The van der Waals surface area contributed by atoms with Gasteiger partial charge in [-0.05, 0) is 47.2 Å². The number of rotatable bonds is 6. The summed E-state index contributed by atoms with van der Waals surface area (Å²) in [5.41, 5.74) is 2.86. The molecular formula is C24H22FNO2. The van der Waals surface area contributed by atoms with E-state index in [9.17, 15) is 14.0 Å². The van der Waals surface area contributed by atoms with E-state index in [0.29, 0.717) is 23.1 Å². The summed E-state index contributed by atoms with van der Waals surface area (Å²) in [6.07, 6.45) is 4.04. The minimum Gasteiger partial charge on any atom is -0.274 e. The van der Waals surface area contributed by atoms with Gasteiger partial charge < -0.3 is 0 Å². The Morgan fingerprint density at radius 1 is 0.786 bits per heavy atom. The Morgan fingerprint density at radius 2 is 1.46 bits per heavy atom. The van der Waals surface area contributed by atoms with Crippen LogP contribution in [0.3, 0.4) is 0 Å². The quantitative estimate of drug-likeness (QED) is 0.402. The van der Waals surface area contributed by atoms with Gasteiger partial charge in [0.25, 0.3) is 11.8 Å². The fourth-order valence-electron chi connectivity index (χ4n) is 3.93. The van der Waals surface area contributed by atoms with Crippen LogP contribution < -0.4 is 0 Å². The van der Waals surface area contributed by atoms with Crippen LogP contribution in [0, 0.1) is 5.82 Å². The maximum absolute atomic E-state index is 13.3. The lowest BCUT2D eigenvalue weighted by atomic mass is 9.89. The number of nitrogens with zero attached hydrogens (tertiary/aromatic N) is 1. The van der Waals surface area contributed by atoms with Gasteiger partial charge in [0, 0.05) is 23.1 Å². The van der Waals surface area contributed by atoms with Gasteiger partial charge in [0.1, 0.15) is 5.82 Å². The topological polar surface area (TPSA) is 37.4 Å². The molecule has 1 aliphatic heterocycles. The fourth-order valence-corrected chi connectivity index (χ4v) is 3.93. The number of unbranched alkanes of at least 4 members (excludes halogenated alkanes) is 3. The third kappa shape index (κ3) is 3.09. The predicted octanol–water partition coefficient (Wildman–Crippen LogP) is 5.82. The Labute approximate surface area is 163 Å². The van der Waals surface area contributed by atoms with Gasteiger partial charge in [-0.3, -0.25) is 14.5 Å². The highest BCUT2D eigenvalue weighted by molar-refractivity contribution is 6.26. The van der Waals surface area contributed by atoms with E-state index in [4.69, 9.17) is 0 Å². The standard InChI is InChI=1S/C24H22FNO2/c1-2-3-4-5-15-26-23(27)20-8-6-7-19-18(16-9-11-17(25)12-10-16)13-14-21(22(19)20)24(26)28/h6-14H,2-5,15H2,1H3. The van der Waals surface area contributed by atoms with Crippen LogP contribution in [0.5, 0.6) is 0 Å². The molecule has 3 aromatic carbocycles. The average Bonchev–Trinajstić information content (AvgIpc) is 2.72. The zero-order valence-corrected chi connectivity index (χ0v) is 15.9. The second-order valence-corrected chi connectivity index (χ2v) is 7.22. The van der Waals surface area contributed by atoms with Gasteiger partial charge in [-0.15, -0.1) is 0 Å². The van der Waals surface area contributed by atoms with E-state index in [1.54, 1.807) is 24.3 Å². The number of benzene rings is 3. The molecular weight excluding hydrogens is 353 g/mol. The van der Waals surface area contributed by atoms with Crippen molar-refractivity contribution in [2.75, 3.05) is 6.54 Å². The Bertz CT molecular complexity index is 1030. The number of amides is 2. The SMILES string of the molecule is CCCCCCN1C(=O)c2cccc3c(-c4ccc(F)cc4)ccc(c23)C1=O. The highest BCUT2D eigenvalue weighted by atomic mass is 19.1. The zero-order valence-electron chi connectivity index (χ0n) is 15.9. The number of carbonyl (C=O) groups is 2. The van der Waals surface area contributed by atoms with E-state index in [1.807, 2.05) is 18.2 Å². The molecule has 1 heterocycles. The first-order chi connectivity index (χ1) is 13.6. The number of hydrogen-bond donors (Lipinski definition) is 0. The summed E-state index contributed by atoms with van der Waals surface area (Å²) >= 11 is 0. The molecule has 0 spiro atoms. The van der Waals surface area contributed by atoms with Crippen molar-refractivity contribution in [3.63, 3.8) is 0 Å². The third-order valence-electron chi connectivity index (χ3n) is 5.38. The van der Waals surface area contributed by atoms with Crippen molar-refractivity contribution in [3.8, 4) is 11.1 Å². The van der Waals surface area contributed by atoms with Gasteiger partial charge >= 0.3 is 0 Å². The largest absolute Gasteiger partial charge is 0.274 e. The monoisotopic (exact) mass is 375 g/mol. The summed E-state index contributed by atoms with van der Waals surface area (Å²) in [4.78, 5) is 27.4. The molecule has 4 heteroatoms. The first-order valence-corrected chi connectivity index (χ1v) is 9.79. The summed E-state index contributed by atoms with van der Waals surface area (Å²) in [5.74, 6) is -0.748. The number of carbonyl (C=O) groups excluding carboxylic acids is 2. The molecule has 1 aliphatic rings. The molecule has 0 N–H and O–H groups in total. The smallest absolute Gasteiger partial charge is 0.261 e. The third-order valence-corrected chi connectivity index (χ3v) is 5.38. The first kappa shape index (κ1) is 18.4. The number of halogens is 1. The maximum atomic E-state index is 13.3. The van der Waals surface area contributed by atoms with E-state index in [1.165, 1.54) is 17.0 Å². The molecule has 3 aromatic rings. The summed E-state index contributed by atoms with van der Waals surface area (Å²) in [7, 11) is 0. The highest BCUT2D eigenvalue weighted by Gasteiger charge is 2.32. The summed E-state index contributed by atoms with van der Waals surface area (Å²) < 4.78 is 13.3. The van der Waals surface area contributed by atoms with Gasteiger partial charge in [0.05, 0.1) is 0 Å². The molecule has 142 valence electrons. The molecule has 0 radical (unpaired) electrons. The van der Waals surface area contributed by atoms with Gasteiger partial charge in [-0.2, -0.15) is 0 Å². The van der Waals surface area contributed by atoms with Crippen molar-refractivity contribution < 1.29 is 14.0 Å². The lowest BCUT2D eigenvalue weighted by molar-refractivity contribution is 0.0608. The first-order valence-electron chi connectivity index (χ1n) is 9.79. The summed E-state index contributed by atoms with van der Waals surface area (Å²) in [6, 6.07) is 15.5.